The number of rotatable bonds is 4. The minimum Gasteiger partial charge on any atom is -0.308 e. The van der Waals surface area contributed by atoms with E-state index >= 15 is 0 Å². The van der Waals surface area contributed by atoms with Gasteiger partial charge in [0.25, 0.3) is 0 Å². The molecule has 0 aromatic heterocycles. The Kier molecular flexibility index (Phi) is 4.41. The number of hydrogen-bond donors (Lipinski definition) is 1. The number of carbonyl (C=O) groups excluding carboxylic acids is 1. The van der Waals surface area contributed by atoms with Crippen LogP contribution in [0, 0.1) is 5.92 Å². The van der Waals surface area contributed by atoms with Gasteiger partial charge in [0.2, 0.25) is 0 Å². The average molecular weight is 259 g/mol. The van der Waals surface area contributed by atoms with Crippen molar-refractivity contribution in [3.8, 4) is 0 Å². The predicted octanol–water partition coefficient (Wildman–Crippen LogP) is 3.90. The molecule has 1 atom stereocenters. The van der Waals surface area contributed by atoms with Gasteiger partial charge in [0.1, 0.15) is 0 Å². The van der Waals surface area contributed by atoms with Gasteiger partial charge in [0, 0.05) is 23.6 Å². The van der Waals surface area contributed by atoms with E-state index in [1.54, 1.807) is 0 Å². The normalized spacial score (nSPS) is 18.7. The molecule has 0 heterocycles. The van der Waals surface area contributed by atoms with Gasteiger partial charge in [-0.15, -0.1) is 0 Å². The number of fused-ring (bicyclic) bond motifs is 1. The number of nitrogens with one attached hydrogen (secondary N) is 1. The van der Waals surface area contributed by atoms with Gasteiger partial charge in [0.15, 0.2) is 5.78 Å². The Labute approximate surface area is 116 Å². The summed E-state index contributed by atoms with van der Waals surface area (Å²) in [6.07, 6.45) is 3.54. The molecule has 0 spiro atoms. The lowest BCUT2D eigenvalue weighted by Gasteiger charge is -2.28. The Morgan fingerprint density at radius 1 is 1.26 bits per heavy atom. The van der Waals surface area contributed by atoms with E-state index in [-0.39, 0.29) is 11.7 Å². The Morgan fingerprint density at radius 2 is 2.00 bits per heavy atom. The van der Waals surface area contributed by atoms with Crippen molar-refractivity contribution in [1.82, 2.24) is 5.32 Å². The third-order valence-corrected chi connectivity index (χ3v) is 3.80. The number of carbonyl (C=O) groups is 1. The van der Waals surface area contributed by atoms with Crippen LogP contribution in [-0.2, 0) is 6.42 Å². The zero-order valence-corrected chi connectivity index (χ0v) is 12.5. The number of aryl methyl sites for hydroxylation is 1. The van der Waals surface area contributed by atoms with Gasteiger partial charge in [-0.3, -0.25) is 4.79 Å². The molecule has 0 bridgehead atoms. The third-order valence-electron chi connectivity index (χ3n) is 3.80. The average Bonchev–Trinajstić information content (AvgIpc) is 2.37. The molecule has 1 N–H and O–H groups in total. The minimum absolute atomic E-state index is 0.0677. The molecule has 2 heteroatoms. The van der Waals surface area contributed by atoms with E-state index in [0.717, 1.165) is 12.0 Å². The van der Waals surface area contributed by atoms with Gasteiger partial charge in [-0.05, 0) is 36.5 Å². The first-order chi connectivity index (χ1) is 8.99. The van der Waals surface area contributed by atoms with Gasteiger partial charge in [-0.25, -0.2) is 0 Å². The van der Waals surface area contributed by atoms with E-state index in [0.29, 0.717) is 12.1 Å². The van der Waals surface area contributed by atoms with Crippen molar-refractivity contribution < 1.29 is 4.79 Å². The topological polar surface area (TPSA) is 29.1 Å². The molecule has 0 saturated carbocycles. The molecule has 0 saturated heterocycles. The van der Waals surface area contributed by atoms with Crippen LogP contribution in [0.1, 0.15) is 68.1 Å². The van der Waals surface area contributed by atoms with Crippen LogP contribution in [0.25, 0.3) is 0 Å². The maximum Gasteiger partial charge on any atom is 0.165 e. The highest BCUT2D eigenvalue weighted by atomic mass is 16.1. The molecule has 1 aromatic rings. The lowest BCUT2D eigenvalue weighted by molar-refractivity contribution is 0.0939. The number of Topliss-reactive ketones (excluding diaryl/α,β-unsaturated/α-hetero) is 1. The van der Waals surface area contributed by atoms with E-state index in [1.807, 2.05) is 19.9 Å². The van der Waals surface area contributed by atoms with Crippen LogP contribution in [0.3, 0.4) is 0 Å². The maximum absolute atomic E-state index is 12.1. The first kappa shape index (κ1) is 14.3. The van der Waals surface area contributed by atoms with Gasteiger partial charge < -0.3 is 5.32 Å². The molecular formula is C17H25NO. The summed E-state index contributed by atoms with van der Waals surface area (Å²) in [6.45, 7) is 8.28. The smallest absolute Gasteiger partial charge is 0.165 e. The molecule has 19 heavy (non-hydrogen) atoms. The van der Waals surface area contributed by atoms with E-state index < -0.39 is 0 Å². The summed E-state index contributed by atoms with van der Waals surface area (Å²) in [6, 6.07) is 7.15. The summed E-state index contributed by atoms with van der Waals surface area (Å²) in [5, 5.41) is 3.62. The fourth-order valence-corrected chi connectivity index (χ4v) is 2.86. The zero-order chi connectivity index (χ0) is 14.0. The molecule has 104 valence electrons. The van der Waals surface area contributed by atoms with Crippen LogP contribution in [0.4, 0.5) is 0 Å². The number of benzene rings is 1. The molecule has 0 fully saturated rings. The number of ketones is 1. The van der Waals surface area contributed by atoms with Crippen molar-refractivity contribution in [2.24, 2.45) is 5.92 Å². The molecular weight excluding hydrogens is 234 g/mol. The monoisotopic (exact) mass is 259 g/mol. The molecule has 1 aliphatic rings. The van der Waals surface area contributed by atoms with Gasteiger partial charge >= 0.3 is 0 Å². The fourth-order valence-electron chi connectivity index (χ4n) is 2.86. The molecule has 0 amide bonds. The lowest BCUT2D eigenvalue weighted by atomic mass is 9.85. The summed E-state index contributed by atoms with van der Waals surface area (Å²) >= 11 is 0. The highest BCUT2D eigenvalue weighted by molar-refractivity contribution is 5.97. The second-order valence-corrected chi connectivity index (χ2v) is 6.20. The van der Waals surface area contributed by atoms with Crippen LogP contribution in [-0.4, -0.2) is 11.8 Å². The molecule has 1 aromatic carbocycles. The first-order valence-corrected chi connectivity index (χ1v) is 7.42. The van der Waals surface area contributed by atoms with E-state index in [4.69, 9.17) is 0 Å². The van der Waals surface area contributed by atoms with Crippen molar-refractivity contribution in [2.75, 3.05) is 0 Å². The van der Waals surface area contributed by atoms with Gasteiger partial charge in [0.05, 0.1) is 0 Å². The first-order valence-electron chi connectivity index (χ1n) is 7.42. The summed E-state index contributed by atoms with van der Waals surface area (Å²) in [4.78, 5) is 12.1. The fraction of sp³-hybridized carbons (Fsp3) is 0.588. The van der Waals surface area contributed by atoms with E-state index in [1.165, 1.54) is 24.0 Å². The molecule has 1 aliphatic carbocycles. The standard InChI is InChI=1S/C17H25NO/c1-11(2)17(19)14-9-8-13-6-5-7-16(15(13)10-14)18-12(3)4/h8-12,16,18H,5-7H2,1-4H3. The third kappa shape index (κ3) is 3.24. The van der Waals surface area contributed by atoms with Gasteiger partial charge in [-0.2, -0.15) is 0 Å². The van der Waals surface area contributed by atoms with Crippen LogP contribution in [0.5, 0.6) is 0 Å². The van der Waals surface area contributed by atoms with E-state index in [9.17, 15) is 4.79 Å². The van der Waals surface area contributed by atoms with Crippen LogP contribution in [0.2, 0.25) is 0 Å². The SMILES string of the molecule is CC(C)NC1CCCc2ccc(C(=O)C(C)C)cc21. The largest absolute Gasteiger partial charge is 0.308 e. The molecule has 0 aliphatic heterocycles. The molecule has 1 unspecified atom stereocenters. The van der Waals surface area contributed by atoms with Crippen molar-refractivity contribution in [3.05, 3.63) is 34.9 Å². The van der Waals surface area contributed by atoms with Crippen LogP contribution < -0.4 is 5.32 Å². The second-order valence-electron chi connectivity index (χ2n) is 6.20. The molecule has 0 radical (unpaired) electrons. The van der Waals surface area contributed by atoms with Crippen molar-refractivity contribution in [1.29, 1.82) is 0 Å². The lowest BCUT2D eigenvalue weighted by Crippen LogP contribution is -2.31. The van der Waals surface area contributed by atoms with Crippen LogP contribution in [0.15, 0.2) is 18.2 Å². The zero-order valence-electron chi connectivity index (χ0n) is 12.5. The van der Waals surface area contributed by atoms with Crippen molar-refractivity contribution in [2.45, 2.75) is 59.0 Å². The second kappa shape index (κ2) is 5.87. The Bertz CT molecular complexity index is 462. The van der Waals surface area contributed by atoms with E-state index in [2.05, 4.69) is 31.3 Å². The van der Waals surface area contributed by atoms with Gasteiger partial charge in [-0.1, -0.05) is 39.8 Å². The van der Waals surface area contributed by atoms with Crippen molar-refractivity contribution in [3.63, 3.8) is 0 Å². The molecule has 2 rings (SSSR count). The minimum atomic E-state index is 0.0677. The highest BCUT2D eigenvalue weighted by Gasteiger charge is 2.22. The summed E-state index contributed by atoms with van der Waals surface area (Å²) in [7, 11) is 0. The highest BCUT2D eigenvalue weighted by Crippen LogP contribution is 2.31. The molecule has 2 nitrogen and oxygen atoms in total. The Morgan fingerprint density at radius 3 is 2.63 bits per heavy atom. The maximum atomic E-state index is 12.1. The quantitative estimate of drug-likeness (QED) is 0.831. The Hall–Kier alpha value is -1.15. The Balaban J connectivity index is 2.32. The van der Waals surface area contributed by atoms with Crippen LogP contribution >= 0.6 is 0 Å². The van der Waals surface area contributed by atoms with Crippen molar-refractivity contribution >= 4 is 5.78 Å². The summed E-state index contributed by atoms with van der Waals surface area (Å²) < 4.78 is 0. The number of hydrogen-bond acceptors (Lipinski definition) is 2. The predicted molar refractivity (Wildman–Crippen MR) is 79.6 cm³/mol. The summed E-state index contributed by atoms with van der Waals surface area (Å²) in [5.74, 6) is 0.315. The summed E-state index contributed by atoms with van der Waals surface area (Å²) in [5.41, 5.74) is 3.61.